The number of halogens is 9. The summed E-state index contributed by atoms with van der Waals surface area (Å²) >= 11 is 1.10. The molecule has 0 aliphatic carbocycles. The molecule has 2 heterocycles. The van der Waals surface area contributed by atoms with Gasteiger partial charge in [-0.2, -0.15) is 39.5 Å². The van der Waals surface area contributed by atoms with Crippen LogP contribution in [-0.4, -0.2) is 41.3 Å². The number of benzene rings is 1. The van der Waals surface area contributed by atoms with E-state index in [2.05, 4.69) is 20.8 Å². The summed E-state index contributed by atoms with van der Waals surface area (Å²) in [6.07, 6.45) is -15.1. The Morgan fingerprint density at radius 1 is 0.971 bits per heavy atom. The molecule has 3 rings (SSSR count). The number of amides is 1. The lowest BCUT2D eigenvalue weighted by molar-refractivity contribution is -0.138. The molecule has 6 nitrogen and oxygen atoms in total. The third-order valence-corrected chi connectivity index (χ3v) is 4.76. The maximum atomic E-state index is 13.7. The van der Waals surface area contributed by atoms with Crippen LogP contribution in [0.15, 0.2) is 35.2 Å². The van der Waals surface area contributed by atoms with Crippen molar-refractivity contribution in [1.29, 1.82) is 0 Å². The second-order valence-corrected chi connectivity index (χ2v) is 7.51. The molecule has 1 amide bonds. The largest absolute Gasteiger partial charge is 0.417 e. The Labute approximate surface area is 188 Å². The van der Waals surface area contributed by atoms with Crippen molar-refractivity contribution in [3.63, 3.8) is 0 Å². The van der Waals surface area contributed by atoms with Crippen molar-refractivity contribution in [1.82, 2.24) is 15.4 Å². The van der Waals surface area contributed by atoms with Crippen molar-refractivity contribution in [3.05, 3.63) is 46.4 Å². The zero-order chi connectivity index (χ0) is 25.3. The Balaban J connectivity index is 2.00. The molecule has 16 heteroatoms. The van der Waals surface area contributed by atoms with E-state index in [1.807, 2.05) is 0 Å². The van der Waals surface area contributed by atoms with Crippen LogP contribution >= 0.6 is 11.3 Å². The van der Waals surface area contributed by atoms with E-state index in [0.717, 1.165) is 23.5 Å². The van der Waals surface area contributed by atoms with Crippen LogP contribution in [0.1, 0.15) is 16.1 Å². The van der Waals surface area contributed by atoms with Gasteiger partial charge in [-0.25, -0.2) is 9.97 Å². The number of carbonyl (C=O) groups excluding carboxylic acids is 1. The lowest BCUT2D eigenvalue weighted by Crippen LogP contribution is -2.40. The molecule has 0 saturated heterocycles. The molecule has 0 saturated carbocycles. The zero-order valence-corrected chi connectivity index (χ0v) is 17.3. The van der Waals surface area contributed by atoms with E-state index in [4.69, 9.17) is 0 Å². The average Bonchev–Trinajstić information content (AvgIpc) is 3.22. The van der Waals surface area contributed by atoms with Gasteiger partial charge in [0, 0.05) is 16.5 Å². The van der Waals surface area contributed by atoms with Crippen molar-refractivity contribution in [3.8, 4) is 0 Å². The van der Waals surface area contributed by atoms with E-state index in [0.29, 0.717) is 12.1 Å². The van der Waals surface area contributed by atoms with Crippen LogP contribution in [0.2, 0.25) is 0 Å². The van der Waals surface area contributed by atoms with Gasteiger partial charge in [0.25, 0.3) is 5.91 Å². The second kappa shape index (κ2) is 9.15. The zero-order valence-electron chi connectivity index (χ0n) is 16.4. The predicted octanol–water partition coefficient (Wildman–Crippen LogP) is 5.40. The van der Waals surface area contributed by atoms with Gasteiger partial charge < -0.3 is 4.90 Å². The standard InChI is InChI=1S/C18H12F9N5OS/c19-16(20,21)6-32(7-17(22,23)24)9-1-2-12-10(3-9)11(18(25,26)27)4-14(29-12)30-31-15(33)13-5-34-8-28-13/h1-5,8H,6-7H2,(H,29,30)(H,31,33). The highest BCUT2D eigenvalue weighted by atomic mass is 32.1. The molecule has 0 fully saturated rings. The molecule has 0 bridgehead atoms. The van der Waals surface area contributed by atoms with Gasteiger partial charge >= 0.3 is 18.5 Å². The number of nitrogens with one attached hydrogen (secondary N) is 2. The maximum absolute atomic E-state index is 13.7. The van der Waals surface area contributed by atoms with Gasteiger partial charge in [-0.1, -0.05) is 0 Å². The normalized spacial score (nSPS) is 12.6. The minimum atomic E-state index is -5.05. The fourth-order valence-corrected chi connectivity index (χ4v) is 3.42. The van der Waals surface area contributed by atoms with Crippen molar-refractivity contribution in [2.75, 3.05) is 23.4 Å². The summed E-state index contributed by atoms with van der Waals surface area (Å²) in [5, 5.41) is 0.650. The van der Waals surface area contributed by atoms with Gasteiger partial charge in [0.15, 0.2) is 0 Å². The third kappa shape index (κ3) is 6.61. The summed E-state index contributed by atoms with van der Waals surface area (Å²) in [5.41, 5.74) is 3.11. The molecular formula is C18H12F9N5OS. The highest BCUT2D eigenvalue weighted by molar-refractivity contribution is 7.07. The number of fused-ring (bicyclic) bond motifs is 1. The average molecular weight is 517 g/mol. The number of hydrogen-bond donors (Lipinski definition) is 2. The van der Waals surface area contributed by atoms with Crippen molar-refractivity contribution in [2.45, 2.75) is 18.5 Å². The number of hydrogen-bond acceptors (Lipinski definition) is 6. The number of anilines is 2. The highest BCUT2D eigenvalue weighted by Gasteiger charge is 2.38. The van der Waals surface area contributed by atoms with Crippen LogP contribution in [0.25, 0.3) is 10.9 Å². The first-order chi connectivity index (χ1) is 15.6. The van der Waals surface area contributed by atoms with Crippen LogP contribution in [0.3, 0.4) is 0 Å². The summed E-state index contributed by atoms with van der Waals surface area (Å²) in [5.74, 6) is -1.25. The summed E-state index contributed by atoms with van der Waals surface area (Å²) in [6.45, 7) is -4.07. The Morgan fingerprint density at radius 3 is 2.15 bits per heavy atom. The van der Waals surface area contributed by atoms with Crippen LogP contribution in [0.4, 0.5) is 51.0 Å². The number of alkyl halides is 9. The molecule has 0 spiro atoms. The number of aromatic nitrogens is 2. The van der Waals surface area contributed by atoms with Gasteiger partial charge in [0.1, 0.15) is 24.6 Å². The Bertz CT molecular complexity index is 1140. The predicted molar refractivity (Wildman–Crippen MR) is 104 cm³/mol. The number of pyridine rings is 1. The summed E-state index contributed by atoms with van der Waals surface area (Å²) < 4.78 is 118. The fraction of sp³-hybridized carbons (Fsp3) is 0.278. The van der Waals surface area contributed by atoms with Crippen molar-refractivity contribution in [2.24, 2.45) is 0 Å². The number of carbonyl (C=O) groups is 1. The number of hydrazine groups is 1. The summed E-state index contributed by atoms with van der Waals surface area (Å²) in [6, 6.07) is 2.67. The molecule has 3 aromatic rings. The number of nitrogens with zero attached hydrogens (tertiary/aromatic N) is 3. The first kappa shape index (κ1) is 25.3. The summed E-state index contributed by atoms with van der Waals surface area (Å²) in [4.78, 5) is 19.3. The van der Waals surface area contributed by atoms with E-state index >= 15 is 0 Å². The lowest BCUT2D eigenvalue weighted by Gasteiger charge is -2.27. The van der Waals surface area contributed by atoms with Gasteiger partial charge in [-0.05, 0) is 24.3 Å². The Morgan fingerprint density at radius 2 is 1.62 bits per heavy atom. The van der Waals surface area contributed by atoms with E-state index in [1.54, 1.807) is 0 Å². The van der Waals surface area contributed by atoms with E-state index in [1.165, 1.54) is 10.9 Å². The highest BCUT2D eigenvalue weighted by Crippen LogP contribution is 2.38. The minimum absolute atomic E-state index is 0.0200. The molecule has 2 N–H and O–H groups in total. The lowest BCUT2D eigenvalue weighted by atomic mass is 10.1. The number of thiazole rings is 1. The SMILES string of the molecule is O=C(NNc1cc(C(F)(F)F)c2cc(N(CC(F)(F)F)CC(F)(F)F)ccc2n1)c1cscn1. The van der Waals surface area contributed by atoms with E-state index in [9.17, 15) is 44.3 Å². The van der Waals surface area contributed by atoms with Gasteiger partial charge in [0.2, 0.25) is 0 Å². The van der Waals surface area contributed by atoms with Crippen LogP contribution in [0.5, 0.6) is 0 Å². The van der Waals surface area contributed by atoms with E-state index < -0.39 is 60.0 Å². The first-order valence-electron chi connectivity index (χ1n) is 8.97. The van der Waals surface area contributed by atoms with Crippen LogP contribution in [-0.2, 0) is 6.18 Å². The monoisotopic (exact) mass is 517 g/mol. The molecule has 34 heavy (non-hydrogen) atoms. The van der Waals surface area contributed by atoms with Crippen molar-refractivity contribution >= 4 is 39.7 Å². The van der Waals surface area contributed by atoms with Crippen LogP contribution < -0.4 is 15.8 Å². The maximum Gasteiger partial charge on any atom is 0.417 e. The van der Waals surface area contributed by atoms with Gasteiger partial charge in [0.05, 0.1) is 16.6 Å². The molecule has 0 radical (unpaired) electrons. The first-order valence-corrected chi connectivity index (χ1v) is 9.92. The molecule has 0 aliphatic heterocycles. The molecule has 0 atom stereocenters. The Hall–Kier alpha value is -3.30. The summed E-state index contributed by atoms with van der Waals surface area (Å²) in [7, 11) is 0. The van der Waals surface area contributed by atoms with Crippen molar-refractivity contribution < 1.29 is 44.3 Å². The van der Waals surface area contributed by atoms with Crippen LogP contribution in [0, 0.1) is 0 Å². The fourth-order valence-electron chi connectivity index (χ4n) is 2.89. The quantitative estimate of drug-likeness (QED) is 0.339. The Kier molecular flexibility index (Phi) is 6.82. The smallest absolute Gasteiger partial charge is 0.353 e. The third-order valence-electron chi connectivity index (χ3n) is 4.17. The number of rotatable bonds is 6. The molecule has 2 aromatic heterocycles. The van der Waals surface area contributed by atoms with Gasteiger partial charge in [-0.3, -0.25) is 15.6 Å². The molecule has 0 unspecified atom stereocenters. The topological polar surface area (TPSA) is 70.2 Å². The van der Waals surface area contributed by atoms with E-state index in [-0.39, 0.29) is 16.1 Å². The second-order valence-electron chi connectivity index (χ2n) is 6.79. The molecule has 1 aromatic carbocycles. The minimum Gasteiger partial charge on any atom is -0.353 e. The van der Waals surface area contributed by atoms with Gasteiger partial charge in [-0.15, -0.1) is 11.3 Å². The molecular weight excluding hydrogens is 505 g/mol. The molecule has 0 aliphatic rings. The molecule has 184 valence electrons.